The molecule has 0 aliphatic heterocycles. The van der Waals surface area contributed by atoms with E-state index < -0.39 is 11.5 Å². The van der Waals surface area contributed by atoms with E-state index in [1.165, 1.54) is 0 Å². The highest BCUT2D eigenvalue weighted by molar-refractivity contribution is 5.75. The highest BCUT2D eigenvalue weighted by Gasteiger charge is 2.49. The molecule has 0 saturated heterocycles. The van der Waals surface area contributed by atoms with Crippen LogP contribution in [0.3, 0.4) is 0 Å². The quantitative estimate of drug-likeness (QED) is 0.694. The van der Waals surface area contributed by atoms with Gasteiger partial charge in [-0.2, -0.15) is 0 Å². The van der Waals surface area contributed by atoms with Gasteiger partial charge in [-0.15, -0.1) is 0 Å². The molecule has 1 saturated carbocycles. The van der Waals surface area contributed by atoms with Gasteiger partial charge in [-0.25, -0.2) is 4.79 Å². The number of hydrogen-bond acceptors (Lipinski definition) is 3. The third-order valence-electron chi connectivity index (χ3n) is 4.18. The number of nitrogens with one attached hydrogen (secondary N) is 2. The minimum Gasteiger partial charge on any atom is -0.481 e. The van der Waals surface area contributed by atoms with Crippen molar-refractivity contribution < 1.29 is 19.4 Å². The average molecular weight is 286 g/mol. The van der Waals surface area contributed by atoms with Gasteiger partial charge in [0.25, 0.3) is 0 Å². The van der Waals surface area contributed by atoms with Crippen LogP contribution < -0.4 is 10.6 Å². The lowest BCUT2D eigenvalue weighted by Crippen LogP contribution is -2.64. The van der Waals surface area contributed by atoms with Gasteiger partial charge in [-0.1, -0.05) is 13.8 Å². The van der Waals surface area contributed by atoms with Crippen LogP contribution in [0.2, 0.25) is 0 Å². The first-order valence-corrected chi connectivity index (χ1v) is 6.92. The summed E-state index contributed by atoms with van der Waals surface area (Å²) in [5.41, 5.74) is -0.631. The molecule has 2 unspecified atom stereocenters. The molecule has 20 heavy (non-hydrogen) atoms. The van der Waals surface area contributed by atoms with Crippen molar-refractivity contribution in [1.29, 1.82) is 0 Å². The summed E-state index contributed by atoms with van der Waals surface area (Å²) < 4.78 is 5.34. The van der Waals surface area contributed by atoms with Crippen LogP contribution in [0.4, 0.5) is 4.79 Å². The second-order valence-corrected chi connectivity index (χ2v) is 6.71. The standard InChI is InChI=1S/C14H26N2O4/c1-13(2,7-6-11(17)18)16-12(19)15-9-8-10(20-5)14(9,3)4/h9-10H,6-8H2,1-5H3,(H,17,18)(H2,15,16,19). The fraction of sp³-hybridized carbons (Fsp3) is 0.857. The van der Waals surface area contributed by atoms with Crippen LogP contribution >= 0.6 is 0 Å². The maximum absolute atomic E-state index is 12.0. The van der Waals surface area contributed by atoms with Crippen LogP contribution in [-0.2, 0) is 9.53 Å². The molecule has 0 radical (unpaired) electrons. The normalized spacial score (nSPS) is 24.6. The van der Waals surface area contributed by atoms with Gasteiger partial charge in [0.2, 0.25) is 0 Å². The van der Waals surface area contributed by atoms with E-state index in [9.17, 15) is 9.59 Å². The fourth-order valence-electron chi connectivity index (χ4n) is 2.51. The molecule has 3 N–H and O–H groups in total. The molecule has 0 bridgehead atoms. The first-order chi connectivity index (χ1) is 9.08. The van der Waals surface area contributed by atoms with Gasteiger partial charge >= 0.3 is 12.0 Å². The van der Waals surface area contributed by atoms with E-state index >= 15 is 0 Å². The first kappa shape index (κ1) is 16.8. The first-order valence-electron chi connectivity index (χ1n) is 6.92. The van der Waals surface area contributed by atoms with Crippen LogP contribution in [0, 0.1) is 5.41 Å². The molecule has 0 aromatic carbocycles. The smallest absolute Gasteiger partial charge is 0.315 e. The topological polar surface area (TPSA) is 87.7 Å². The minimum absolute atomic E-state index is 0.0357. The third-order valence-corrected chi connectivity index (χ3v) is 4.18. The van der Waals surface area contributed by atoms with Gasteiger partial charge in [0, 0.05) is 30.5 Å². The van der Waals surface area contributed by atoms with Crippen molar-refractivity contribution in [2.45, 2.75) is 64.6 Å². The molecule has 0 spiro atoms. The van der Waals surface area contributed by atoms with E-state index in [4.69, 9.17) is 9.84 Å². The number of urea groups is 1. The Morgan fingerprint density at radius 1 is 1.40 bits per heavy atom. The predicted molar refractivity (Wildman–Crippen MR) is 75.6 cm³/mol. The molecule has 1 aliphatic rings. The van der Waals surface area contributed by atoms with E-state index in [0.29, 0.717) is 6.42 Å². The van der Waals surface area contributed by atoms with Gasteiger partial charge in [0.1, 0.15) is 0 Å². The summed E-state index contributed by atoms with van der Waals surface area (Å²) in [5, 5.41) is 14.5. The van der Waals surface area contributed by atoms with Crippen molar-refractivity contribution in [2.24, 2.45) is 5.41 Å². The molecule has 1 fully saturated rings. The van der Waals surface area contributed by atoms with E-state index in [2.05, 4.69) is 24.5 Å². The molecule has 2 amide bonds. The number of carbonyl (C=O) groups is 2. The predicted octanol–water partition coefficient (Wildman–Crippen LogP) is 1.74. The number of hydrogen-bond donors (Lipinski definition) is 3. The summed E-state index contributed by atoms with van der Waals surface area (Å²) in [7, 11) is 1.68. The summed E-state index contributed by atoms with van der Waals surface area (Å²) in [6.45, 7) is 7.76. The van der Waals surface area contributed by atoms with Crippen molar-refractivity contribution in [3.05, 3.63) is 0 Å². The Morgan fingerprint density at radius 3 is 2.45 bits per heavy atom. The van der Waals surface area contributed by atoms with Crippen molar-refractivity contribution in [3.8, 4) is 0 Å². The van der Waals surface area contributed by atoms with Crippen LogP contribution in [0.1, 0.15) is 47.0 Å². The number of ether oxygens (including phenoxy) is 1. The molecule has 1 aliphatic carbocycles. The molecular formula is C14H26N2O4. The summed E-state index contributed by atoms with van der Waals surface area (Å²) in [4.78, 5) is 22.6. The molecule has 1 rings (SSSR count). The van der Waals surface area contributed by atoms with Crippen molar-refractivity contribution >= 4 is 12.0 Å². The largest absolute Gasteiger partial charge is 0.481 e. The summed E-state index contributed by atoms with van der Waals surface area (Å²) in [6, 6.07) is -0.184. The molecule has 6 nitrogen and oxygen atoms in total. The lowest BCUT2D eigenvalue weighted by Gasteiger charge is -2.51. The fourth-order valence-corrected chi connectivity index (χ4v) is 2.51. The number of rotatable bonds is 6. The second kappa shape index (κ2) is 5.99. The van der Waals surface area contributed by atoms with Crippen molar-refractivity contribution in [2.75, 3.05) is 7.11 Å². The van der Waals surface area contributed by atoms with Gasteiger partial charge < -0.3 is 20.5 Å². The number of amides is 2. The lowest BCUT2D eigenvalue weighted by atomic mass is 9.64. The Bertz CT molecular complexity index is 379. The van der Waals surface area contributed by atoms with Crippen molar-refractivity contribution in [3.63, 3.8) is 0 Å². The van der Waals surface area contributed by atoms with Gasteiger partial charge in [0.15, 0.2) is 0 Å². The van der Waals surface area contributed by atoms with E-state index in [1.54, 1.807) is 7.11 Å². The molecule has 2 atom stereocenters. The van der Waals surface area contributed by atoms with Crippen molar-refractivity contribution in [1.82, 2.24) is 10.6 Å². The minimum atomic E-state index is -0.858. The molecule has 0 aromatic heterocycles. The molecule has 0 heterocycles. The molecular weight excluding hydrogens is 260 g/mol. The highest BCUT2D eigenvalue weighted by Crippen LogP contribution is 2.42. The number of methoxy groups -OCH3 is 1. The van der Waals surface area contributed by atoms with Crippen LogP contribution in [0.5, 0.6) is 0 Å². The Morgan fingerprint density at radius 2 is 2.00 bits per heavy atom. The maximum atomic E-state index is 12.0. The zero-order chi connectivity index (χ0) is 15.6. The maximum Gasteiger partial charge on any atom is 0.315 e. The summed E-state index contributed by atoms with van der Waals surface area (Å²) >= 11 is 0. The number of carboxylic acid groups (broad SMARTS) is 1. The lowest BCUT2D eigenvalue weighted by molar-refractivity contribution is -0.137. The zero-order valence-electron chi connectivity index (χ0n) is 12.9. The Kier molecular flexibility index (Phi) is 5.02. The number of aliphatic carboxylic acids is 1. The highest BCUT2D eigenvalue weighted by atomic mass is 16.5. The summed E-state index contributed by atoms with van der Waals surface area (Å²) in [5.74, 6) is -0.858. The molecule has 0 aromatic rings. The second-order valence-electron chi connectivity index (χ2n) is 6.71. The van der Waals surface area contributed by atoms with E-state index in [0.717, 1.165) is 6.42 Å². The third kappa shape index (κ3) is 4.10. The van der Waals surface area contributed by atoms with Crippen LogP contribution in [0.25, 0.3) is 0 Å². The van der Waals surface area contributed by atoms with Gasteiger partial charge in [-0.3, -0.25) is 4.79 Å². The monoisotopic (exact) mass is 286 g/mol. The SMILES string of the molecule is COC1CC(NC(=O)NC(C)(C)CCC(=O)O)C1(C)C. The number of carboxylic acids is 1. The van der Waals surface area contributed by atoms with Gasteiger partial charge in [0.05, 0.1) is 6.10 Å². The van der Waals surface area contributed by atoms with Crippen LogP contribution in [-0.4, -0.2) is 41.9 Å². The van der Waals surface area contributed by atoms with Crippen LogP contribution in [0.15, 0.2) is 0 Å². The molecule has 6 heteroatoms. The Labute approximate surface area is 120 Å². The average Bonchev–Trinajstić information content (AvgIpc) is 2.31. The Hall–Kier alpha value is -1.30. The number of carbonyl (C=O) groups excluding carboxylic acids is 1. The summed E-state index contributed by atoms with van der Waals surface area (Å²) in [6.07, 6.45) is 1.39. The van der Waals surface area contributed by atoms with Gasteiger partial charge in [-0.05, 0) is 26.7 Å². The zero-order valence-corrected chi connectivity index (χ0v) is 12.9. The van der Waals surface area contributed by atoms with E-state index in [-0.39, 0.29) is 30.0 Å². The van der Waals surface area contributed by atoms with E-state index in [1.807, 2.05) is 13.8 Å². The Balaban J connectivity index is 2.43. The molecule has 116 valence electrons.